The van der Waals surface area contributed by atoms with Crippen molar-refractivity contribution in [3.63, 3.8) is 0 Å². The minimum Gasteiger partial charge on any atom is -0.342 e. The van der Waals surface area contributed by atoms with Gasteiger partial charge in [0, 0.05) is 44.0 Å². The number of hydrogen-bond acceptors (Lipinski definition) is 5. The molecule has 0 aliphatic carbocycles. The first-order chi connectivity index (χ1) is 13.7. The van der Waals surface area contributed by atoms with Crippen LogP contribution in [0.1, 0.15) is 30.1 Å². The second kappa shape index (κ2) is 6.74. The maximum Gasteiger partial charge on any atom is 0.225 e. The van der Waals surface area contributed by atoms with Crippen molar-refractivity contribution in [2.24, 2.45) is 7.05 Å². The maximum absolute atomic E-state index is 4.88. The molecule has 0 spiro atoms. The molecule has 0 unspecified atom stereocenters. The zero-order valence-corrected chi connectivity index (χ0v) is 16.1. The van der Waals surface area contributed by atoms with Gasteiger partial charge >= 0.3 is 0 Å². The molecule has 28 heavy (non-hydrogen) atoms. The Hall–Kier alpha value is -3.22. The Labute approximate surface area is 163 Å². The summed E-state index contributed by atoms with van der Waals surface area (Å²) in [5.41, 5.74) is 5.15. The minimum atomic E-state index is 0.355. The monoisotopic (exact) mass is 373 g/mol. The van der Waals surface area contributed by atoms with Crippen LogP contribution in [0.15, 0.2) is 42.9 Å². The number of H-pyrrole nitrogens is 1. The van der Waals surface area contributed by atoms with Gasteiger partial charge in [0.15, 0.2) is 0 Å². The fourth-order valence-electron chi connectivity index (χ4n) is 3.97. The average molecular weight is 373 g/mol. The van der Waals surface area contributed by atoms with Gasteiger partial charge in [0.1, 0.15) is 5.82 Å². The lowest BCUT2D eigenvalue weighted by atomic mass is 9.97. The molecule has 0 radical (unpaired) electrons. The van der Waals surface area contributed by atoms with Gasteiger partial charge in [-0.25, -0.2) is 15.0 Å². The average Bonchev–Trinajstić information content (AvgIpc) is 3.34. The summed E-state index contributed by atoms with van der Waals surface area (Å²) in [6, 6.07) is 8.20. The van der Waals surface area contributed by atoms with Crippen molar-refractivity contribution in [1.82, 2.24) is 29.7 Å². The Morgan fingerprint density at radius 3 is 2.86 bits per heavy atom. The van der Waals surface area contributed by atoms with Gasteiger partial charge in [-0.1, -0.05) is 12.1 Å². The van der Waals surface area contributed by atoms with E-state index in [0.717, 1.165) is 65.6 Å². The first kappa shape index (κ1) is 16.9. The number of aryl methyl sites for hydroxylation is 2. The number of piperidine rings is 1. The molecule has 1 aliphatic rings. The molecule has 1 atom stereocenters. The molecule has 1 N–H and O–H groups in total. The van der Waals surface area contributed by atoms with Crippen LogP contribution in [0.25, 0.3) is 22.3 Å². The highest BCUT2D eigenvalue weighted by Gasteiger charge is 2.26. The van der Waals surface area contributed by atoms with Crippen LogP contribution in [-0.2, 0) is 7.05 Å². The smallest absolute Gasteiger partial charge is 0.225 e. The first-order valence-electron chi connectivity index (χ1n) is 9.69. The number of benzene rings is 1. The van der Waals surface area contributed by atoms with Crippen molar-refractivity contribution in [2.45, 2.75) is 25.7 Å². The van der Waals surface area contributed by atoms with Crippen LogP contribution in [0.2, 0.25) is 0 Å². The van der Waals surface area contributed by atoms with E-state index in [9.17, 15) is 0 Å². The Morgan fingerprint density at radius 1 is 1.14 bits per heavy atom. The van der Waals surface area contributed by atoms with E-state index in [1.54, 1.807) is 4.68 Å². The van der Waals surface area contributed by atoms with Crippen LogP contribution in [0.4, 0.5) is 5.95 Å². The van der Waals surface area contributed by atoms with Gasteiger partial charge in [0.25, 0.3) is 0 Å². The third kappa shape index (κ3) is 3.02. The summed E-state index contributed by atoms with van der Waals surface area (Å²) >= 11 is 0. The Balaban J connectivity index is 1.43. The maximum atomic E-state index is 4.88. The molecule has 1 saturated heterocycles. The van der Waals surface area contributed by atoms with Gasteiger partial charge in [-0.05, 0) is 37.5 Å². The summed E-state index contributed by atoms with van der Waals surface area (Å²) < 4.78 is 1.80. The topological polar surface area (TPSA) is 75.5 Å². The SMILES string of the molecule is Cc1cnc(N2CCC[C@@H](c3nc4ccccc4[nH]3)C2)nc1-c1cnn(C)c1. The van der Waals surface area contributed by atoms with Crippen molar-refractivity contribution >= 4 is 17.0 Å². The van der Waals surface area contributed by atoms with E-state index in [-0.39, 0.29) is 0 Å². The van der Waals surface area contributed by atoms with E-state index in [1.165, 1.54) is 0 Å². The van der Waals surface area contributed by atoms with Crippen molar-refractivity contribution in [2.75, 3.05) is 18.0 Å². The zero-order chi connectivity index (χ0) is 19.1. The highest BCUT2D eigenvalue weighted by molar-refractivity contribution is 5.74. The fraction of sp³-hybridized carbons (Fsp3) is 0.333. The molecule has 142 valence electrons. The Bertz CT molecular complexity index is 1090. The third-order valence-corrected chi connectivity index (χ3v) is 5.44. The number of hydrogen-bond donors (Lipinski definition) is 1. The number of para-hydroxylation sites is 2. The van der Waals surface area contributed by atoms with E-state index in [4.69, 9.17) is 9.97 Å². The van der Waals surface area contributed by atoms with Crippen LogP contribution in [0, 0.1) is 6.92 Å². The lowest BCUT2D eigenvalue weighted by molar-refractivity contribution is 0.489. The summed E-state index contributed by atoms with van der Waals surface area (Å²) in [6.07, 6.45) is 7.98. The Kier molecular flexibility index (Phi) is 4.07. The van der Waals surface area contributed by atoms with Gasteiger partial charge in [0.05, 0.1) is 22.9 Å². The van der Waals surface area contributed by atoms with E-state index >= 15 is 0 Å². The van der Waals surface area contributed by atoms with Crippen LogP contribution in [0.3, 0.4) is 0 Å². The number of rotatable bonds is 3. The van der Waals surface area contributed by atoms with E-state index in [2.05, 4.69) is 32.1 Å². The molecule has 0 saturated carbocycles. The molecule has 0 bridgehead atoms. The first-order valence-corrected chi connectivity index (χ1v) is 9.69. The molecule has 7 nitrogen and oxygen atoms in total. The minimum absolute atomic E-state index is 0.355. The molecular weight excluding hydrogens is 350 g/mol. The Morgan fingerprint density at radius 2 is 2.04 bits per heavy atom. The molecule has 0 amide bonds. The summed E-state index contributed by atoms with van der Waals surface area (Å²) in [5, 5.41) is 4.28. The van der Waals surface area contributed by atoms with Crippen molar-refractivity contribution in [1.29, 1.82) is 0 Å². The molecule has 7 heteroatoms. The second-order valence-electron chi connectivity index (χ2n) is 7.53. The predicted octanol–water partition coefficient (Wildman–Crippen LogP) is 3.45. The molecule has 1 aromatic carbocycles. The van der Waals surface area contributed by atoms with Crippen LogP contribution < -0.4 is 4.90 Å². The summed E-state index contributed by atoms with van der Waals surface area (Å²) in [5.74, 6) is 2.20. The number of nitrogens with one attached hydrogen (secondary N) is 1. The normalized spacial score (nSPS) is 17.4. The number of nitrogens with zero attached hydrogens (tertiary/aromatic N) is 6. The van der Waals surface area contributed by atoms with Crippen LogP contribution in [-0.4, -0.2) is 42.8 Å². The van der Waals surface area contributed by atoms with Gasteiger partial charge in [-0.3, -0.25) is 4.68 Å². The molecule has 1 fully saturated rings. The van der Waals surface area contributed by atoms with Crippen molar-refractivity contribution in [3.05, 3.63) is 54.2 Å². The third-order valence-electron chi connectivity index (χ3n) is 5.44. The molecule has 5 rings (SSSR count). The van der Waals surface area contributed by atoms with Gasteiger partial charge in [-0.15, -0.1) is 0 Å². The van der Waals surface area contributed by atoms with Crippen molar-refractivity contribution in [3.8, 4) is 11.3 Å². The second-order valence-corrected chi connectivity index (χ2v) is 7.53. The molecule has 1 aliphatic heterocycles. The number of aromatic amines is 1. The quantitative estimate of drug-likeness (QED) is 0.595. The van der Waals surface area contributed by atoms with Gasteiger partial charge in [0.2, 0.25) is 5.95 Å². The zero-order valence-electron chi connectivity index (χ0n) is 16.1. The van der Waals surface area contributed by atoms with Crippen LogP contribution >= 0.6 is 0 Å². The number of fused-ring (bicyclic) bond motifs is 1. The predicted molar refractivity (Wildman–Crippen MR) is 109 cm³/mol. The number of imidazole rings is 1. The lowest BCUT2D eigenvalue weighted by Crippen LogP contribution is -2.36. The van der Waals surface area contributed by atoms with E-state index in [1.807, 2.05) is 44.7 Å². The number of aromatic nitrogens is 6. The summed E-state index contributed by atoms with van der Waals surface area (Å²) in [7, 11) is 1.92. The van der Waals surface area contributed by atoms with Gasteiger partial charge < -0.3 is 9.88 Å². The molecule has 4 heterocycles. The summed E-state index contributed by atoms with van der Waals surface area (Å²) in [6.45, 7) is 3.88. The van der Waals surface area contributed by atoms with Crippen LogP contribution in [0.5, 0.6) is 0 Å². The largest absolute Gasteiger partial charge is 0.342 e. The van der Waals surface area contributed by atoms with E-state index in [0.29, 0.717) is 5.92 Å². The molecule has 3 aromatic heterocycles. The highest BCUT2D eigenvalue weighted by atomic mass is 15.3. The fourth-order valence-corrected chi connectivity index (χ4v) is 3.97. The lowest BCUT2D eigenvalue weighted by Gasteiger charge is -2.32. The highest BCUT2D eigenvalue weighted by Crippen LogP contribution is 2.30. The number of anilines is 1. The molecule has 4 aromatic rings. The van der Waals surface area contributed by atoms with Gasteiger partial charge in [-0.2, -0.15) is 5.10 Å². The van der Waals surface area contributed by atoms with Crippen molar-refractivity contribution < 1.29 is 0 Å². The van der Waals surface area contributed by atoms with E-state index < -0.39 is 0 Å². The molecular formula is C21H23N7. The summed E-state index contributed by atoms with van der Waals surface area (Å²) in [4.78, 5) is 20.1. The standard InChI is InChI=1S/C21H23N7/c1-14-10-22-21(26-19(14)16-11-23-27(2)12-16)28-9-5-6-15(13-28)20-24-17-7-3-4-8-18(17)25-20/h3-4,7-8,10-12,15H,5-6,9,13H2,1-2H3,(H,24,25)/t15-/m1/s1.